The Morgan fingerprint density at radius 1 is 1.34 bits per heavy atom. The molecule has 2 heterocycles. The highest BCUT2D eigenvalue weighted by atomic mass is 19.3. The molecule has 3 rings (SSSR count). The van der Waals surface area contributed by atoms with Crippen molar-refractivity contribution in [1.82, 2.24) is 15.1 Å². The lowest BCUT2D eigenvalue weighted by molar-refractivity contribution is -0.192. The van der Waals surface area contributed by atoms with Gasteiger partial charge in [-0.3, -0.25) is 14.4 Å². The molecule has 2 aliphatic heterocycles. The van der Waals surface area contributed by atoms with Gasteiger partial charge in [-0.2, -0.15) is 0 Å². The summed E-state index contributed by atoms with van der Waals surface area (Å²) in [5, 5.41) is 22.4. The third-order valence-electron chi connectivity index (χ3n) is 6.78. The molecule has 3 N–H and O–H groups in total. The third kappa shape index (κ3) is 3.60. The summed E-state index contributed by atoms with van der Waals surface area (Å²) in [6.07, 6.45) is -1.08. The number of hydrogen-bond donors (Lipinski definition) is 3. The fourth-order valence-electron chi connectivity index (χ4n) is 4.36. The SMILES string of the molecule is CC[C@H](C)CN1C(=O)[C@H]2N(C(=O)[C@@H](O)CNC(=O)c3cccc(O)c3C)CC(F)(F)C21C. The molecule has 2 aliphatic rings. The van der Waals surface area contributed by atoms with E-state index in [1.54, 1.807) is 0 Å². The van der Waals surface area contributed by atoms with Gasteiger partial charge in [0.15, 0.2) is 0 Å². The van der Waals surface area contributed by atoms with Crippen LogP contribution in [-0.2, 0) is 9.59 Å². The van der Waals surface area contributed by atoms with Gasteiger partial charge in [-0.25, -0.2) is 8.78 Å². The number of amides is 3. The topological polar surface area (TPSA) is 110 Å². The standard InChI is InChI=1S/C22H29F2N3O5/c1-5-12(2)10-27-20(32)17-21(27,4)22(23,24)11-26(17)19(31)16(29)9-25-18(30)14-7-6-8-15(28)13(14)3/h6-8,12,16-17,28-29H,5,9-11H2,1-4H3,(H,25,30)/t12-,16-,17+,21?/m0/s1. The lowest BCUT2D eigenvalue weighted by Crippen LogP contribution is -2.79. The molecular formula is C22H29F2N3O5. The zero-order valence-electron chi connectivity index (χ0n) is 18.6. The second-order valence-corrected chi connectivity index (χ2v) is 8.86. The first kappa shape index (κ1) is 23.9. The maximum absolute atomic E-state index is 14.9. The Bertz CT molecular complexity index is 940. The molecule has 2 fully saturated rings. The lowest BCUT2D eigenvalue weighted by atomic mass is 9.77. The van der Waals surface area contributed by atoms with Gasteiger partial charge in [0.1, 0.15) is 23.4 Å². The van der Waals surface area contributed by atoms with E-state index in [1.165, 1.54) is 32.0 Å². The normalized spacial score (nSPS) is 25.7. The second kappa shape index (κ2) is 8.31. The molecule has 1 unspecified atom stereocenters. The molecule has 4 atom stereocenters. The number of aliphatic hydroxyl groups is 1. The summed E-state index contributed by atoms with van der Waals surface area (Å²) in [7, 11) is 0. The molecule has 0 saturated carbocycles. The van der Waals surface area contributed by atoms with Gasteiger partial charge in [0.2, 0.25) is 5.91 Å². The summed E-state index contributed by atoms with van der Waals surface area (Å²) in [6.45, 7) is 5.23. The Hall–Kier alpha value is -2.75. The number of hydrogen-bond acceptors (Lipinski definition) is 5. The monoisotopic (exact) mass is 453 g/mol. The van der Waals surface area contributed by atoms with Gasteiger partial charge in [-0.05, 0) is 31.9 Å². The summed E-state index contributed by atoms with van der Waals surface area (Å²) < 4.78 is 29.9. The quantitative estimate of drug-likeness (QED) is 0.539. The van der Waals surface area contributed by atoms with Crippen LogP contribution in [0.4, 0.5) is 8.78 Å². The number of fused-ring (bicyclic) bond motifs is 1. The molecular weight excluding hydrogens is 424 g/mol. The van der Waals surface area contributed by atoms with Crippen molar-refractivity contribution in [3.05, 3.63) is 29.3 Å². The second-order valence-electron chi connectivity index (χ2n) is 8.86. The van der Waals surface area contributed by atoms with Gasteiger partial charge in [0, 0.05) is 17.7 Å². The first-order valence-electron chi connectivity index (χ1n) is 10.6. The van der Waals surface area contributed by atoms with Gasteiger partial charge >= 0.3 is 0 Å². The maximum Gasteiger partial charge on any atom is 0.290 e. The van der Waals surface area contributed by atoms with Gasteiger partial charge < -0.3 is 25.3 Å². The highest BCUT2D eigenvalue weighted by Crippen LogP contribution is 2.52. The number of rotatable bonds is 7. The fraction of sp³-hybridized carbons (Fsp3) is 0.591. The van der Waals surface area contributed by atoms with E-state index in [1.807, 2.05) is 13.8 Å². The number of benzene rings is 1. The summed E-state index contributed by atoms with van der Waals surface area (Å²) in [6, 6.07) is 2.99. The van der Waals surface area contributed by atoms with Crippen molar-refractivity contribution in [2.45, 2.75) is 57.7 Å². The molecule has 32 heavy (non-hydrogen) atoms. The molecule has 0 aromatic heterocycles. The van der Waals surface area contributed by atoms with E-state index in [0.29, 0.717) is 5.56 Å². The molecule has 1 aromatic rings. The van der Waals surface area contributed by atoms with Crippen LogP contribution in [0.5, 0.6) is 5.75 Å². The largest absolute Gasteiger partial charge is 0.508 e. The van der Waals surface area contributed by atoms with E-state index in [9.17, 15) is 33.4 Å². The van der Waals surface area contributed by atoms with Crippen LogP contribution in [0.2, 0.25) is 0 Å². The van der Waals surface area contributed by atoms with Gasteiger partial charge in [-0.1, -0.05) is 26.3 Å². The van der Waals surface area contributed by atoms with E-state index in [0.717, 1.165) is 16.2 Å². The van der Waals surface area contributed by atoms with Crippen molar-refractivity contribution >= 4 is 17.7 Å². The average molecular weight is 453 g/mol. The Balaban J connectivity index is 1.69. The third-order valence-corrected chi connectivity index (χ3v) is 6.78. The molecule has 0 radical (unpaired) electrons. The predicted molar refractivity (Wildman–Crippen MR) is 111 cm³/mol. The zero-order chi connectivity index (χ0) is 24.0. The molecule has 0 bridgehead atoms. The number of aromatic hydroxyl groups is 1. The van der Waals surface area contributed by atoms with Crippen LogP contribution in [0.25, 0.3) is 0 Å². The number of carbonyl (C=O) groups is 3. The summed E-state index contributed by atoms with van der Waals surface area (Å²) in [5.41, 5.74) is -1.35. The van der Waals surface area contributed by atoms with Crippen molar-refractivity contribution in [2.24, 2.45) is 5.92 Å². The van der Waals surface area contributed by atoms with E-state index >= 15 is 0 Å². The molecule has 1 aromatic carbocycles. The Labute approximate surface area is 185 Å². The number of aliphatic hydroxyl groups excluding tert-OH is 1. The Morgan fingerprint density at radius 3 is 2.62 bits per heavy atom. The van der Waals surface area contributed by atoms with Gasteiger partial charge in [0.25, 0.3) is 17.7 Å². The minimum Gasteiger partial charge on any atom is -0.508 e. The molecule has 176 valence electrons. The maximum atomic E-state index is 14.9. The van der Waals surface area contributed by atoms with E-state index in [2.05, 4.69) is 5.32 Å². The summed E-state index contributed by atoms with van der Waals surface area (Å²) >= 11 is 0. The number of phenolic OH excluding ortho intramolecular Hbond substituents is 1. The number of nitrogens with zero attached hydrogens (tertiary/aromatic N) is 2. The van der Waals surface area contributed by atoms with Crippen LogP contribution < -0.4 is 5.32 Å². The van der Waals surface area contributed by atoms with E-state index in [-0.39, 0.29) is 23.8 Å². The molecule has 10 heteroatoms. The highest BCUT2D eigenvalue weighted by molar-refractivity contribution is 5.99. The van der Waals surface area contributed by atoms with Crippen molar-refractivity contribution in [3.8, 4) is 5.75 Å². The van der Waals surface area contributed by atoms with E-state index < -0.39 is 54.4 Å². The van der Waals surface area contributed by atoms with Crippen LogP contribution in [-0.4, -0.2) is 81.0 Å². The first-order chi connectivity index (χ1) is 14.9. The van der Waals surface area contributed by atoms with Gasteiger partial charge in [0.05, 0.1) is 13.1 Å². The number of carbonyl (C=O) groups excluding carboxylic acids is 3. The van der Waals surface area contributed by atoms with Crippen molar-refractivity contribution < 1.29 is 33.4 Å². The zero-order valence-corrected chi connectivity index (χ0v) is 18.6. The smallest absolute Gasteiger partial charge is 0.290 e. The average Bonchev–Trinajstić information content (AvgIpc) is 2.94. The van der Waals surface area contributed by atoms with Crippen LogP contribution >= 0.6 is 0 Å². The van der Waals surface area contributed by atoms with E-state index in [4.69, 9.17) is 0 Å². The predicted octanol–water partition coefficient (Wildman–Crippen LogP) is 1.28. The molecule has 0 spiro atoms. The molecule has 0 aliphatic carbocycles. The summed E-state index contributed by atoms with van der Waals surface area (Å²) in [5.74, 6) is -5.64. The minimum atomic E-state index is -3.34. The van der Waals surface area contributed by atoms with Crippen molar-refractivity contribution in [3.63, 3.8) is 0 Å². The van der Waals surface area contributed by atoms with Crippen LogP contribution in [0, 0.1) is 12.8 Å². The number of alkyl halides is 2. The Morgan fingerprint density at radius 2 is 2.00 bits per heavy atom. The molecule has 3 amide bonds. The Kier molecular flexibility index (Phi) is 6.21. The lowest BCUT2D eigenvalue weighted by Gasteiger charge is -2.55. The molecule has 8 nitrogen and oxygen atoms in total. The van der Waals surface area contributed by atoms with Crippen LogP contribution in [0.1, 0.15) is 43.1 Å². The van der Waals surface area contributed by atoms with Crippen molar-refractivity contribution in [2.75, 3.05) is 19.6 Å². The summed E-state index contributed by atoms with van der Waals surface area (Å²) in [4.78, 5) is 39.6. The number of β-lactam (4-membered cyclic amide) rings is 1. The number of phenols is 1. The van der Waals surface area contributed by atoms with Crippen molar-refractivity contribution in [1.29, 1.82) is 0 Å². The van der Waals surface area contributed by atoms with Crippen LogP contribution in [0.3, 0.4) is 0 Å². The number of halogens is 2. The van der Waals surface area contributed by atoms with Gasteiger partial charge in [-0.15, -0.1) is 0 Å². The van der Waals surface area contributed by atoms with Crippen LogP contribution in [0.15, 0.2) is 18.2 Å². The first-order valence-corrected chi connectivity index (χ1v) is 10.6. The molecule has 2 saturated heterocycles. The highest BCUT2D eigenvalue weighted by Gasteiger charge is 2.77. The number of nitrogens with one attached hydrogen (secondary N) is 1. The fourth-order valence-corrected chi connectivity index (χ4v) is 4.36. The minimum absolute atomic E-state index is 0.0268. The number of likely N-dealkylation sites (tertiary alicyclic amines) is 2.